The van der Waals surface area contributed by atoms with E-state index in [0.717, 1.165) is 0 Å². The van der Waals surface area contributed by atoms with Gasteiger partial charge in [-0.1, -0.05) is 0 Å². The largest absolute Gasteiger partial charge is 0.381 e. The summed E-state index contributed by atoms with van der Waals surface area (Å²) in [6, 6.07) is 0. The highest BCUT2D eigenvalue weighted by Gasteiger charge is 2.22. The van der Waals surface area contributed by atoms with Crippen molar-refractivity contribution in [3.05, 3.63) is 6.20 Å². The Balaban J connectivity index is 2.81. The average molecular weight is 289 g/mol. The summed E-state index contributed by atoms with van der Waals surface area (Å²) >= 11 is 0. The molecule has 19 heavy (non-hydrogen) atoms. The molecule has 0 aromatic carbocycles. The van der Waals surface area contributed by atoms with Gasteiger partial charge in [-0.25, -0.2) is 13.1 Å². The van der Waals surface area contributed by atoms with Crippen molar-refractivity contribution >= 4 is 21.7 Å². The fraction of sp³-hybridized carbons (Fsp3) is 0.600. The summed E-state index contributed by atoms with van der Waals surface area (Å²) in [6.07, 6.45) is 1.34. The molecule has 1 amide bonds. The standard InChI is InChI=1S/C10H19N5O3S/c1-4-14(3)9(16)6-12-19(17,18)8-7-15(5-2)13-10(8)11/h7,12H,4-6H2,1-3H3,(H2,11,13). The molecule has 0 atom stereocenters. The van der Waals surface area contributed by atoms with Gasteiger partial charge in [0.2, 0.25) is 15.9 Å². The molecule has 1 aromatic rings. The summed E-state index contributed by atoms with van der Waals surface area (Å²) in [7, 11) is -2.23. The van der Waals surface area contributed by atoms with Crippen LogP contribution in [0.15, 0.2) is 11.1 Å². The van der Waals surface area contributed by atoms with Crippen molar-refractivity contribution in [3.63, 3.8) is 0 Å². The van der Waals surface area contributed by atoms with Gasteiger partial charge in [0.15, 0.2) is 5.82 Å². The van der Waals surface area contributed by atoms with Crippen molar-refractivity contribution in [2.75, 3.05) is 25.9 Å². The number of carbonyl (C=O) groups is 1. The first-order chi connectivity index (χ1) is 8.81. The van der Waals surface area contributed by atoms with Crippen LogP contribution in [-0.2, 0) is 21.4 Å². The number of sulfonamides is 1. The number of nitrogens with two attached hydrogens (primary N) is 1. The zero-order valence-electron chi connectivity index (χ0n) is 11.3. The van der Waals surface area contributed by atoms with E-state index in [-0.39, 0.29) is 23.2 Å². The second-order valence-electron chi connectivity index (χ2n) is 3.97. The fourth-order valence-corrected chi connectivity index (χ4v) is 2.38. The zero-order valence-corrected chi connectivity index (χ0v) is 12.1. The molecule has 0 bridgehead atoms. The Kier molecular flexibility index (Phi) is 4.90. The third-order valence-electron chi connectivity index (χ3n) is 2.68. The molecule has 9 heteroatoms. The van der Waals surface area contributed by atoms with Crippen molar-refractivity contribution in [3.8, 4) is 0 Å². The average Bonchev–Trinajstić information content (AvgIpc) is 2.77. The number of nitrogens with zero attached hydrogens (tertiary/aromatic N) is 3. The van der Waals surface area contributed by atoms with E-state index in [2.05, 4.69) is 9.82 Å². The Hall–Kier alpha value is -1.61. The number of hydrogen-bond acceptors (Lipinski definition) is 5. The van der Waals surface area contributed by atoms with Crippen LogP contribution in [0.25, 0.3) is 0 Å². The number of likely N-dealkylation sites (N-methyl/N-ethyl adjacent to an activating group) is 1. The van der Waals surface area contributed by atoms with Crippen LogP contribution in [0.3, 0.4) is 0 Å². The highest BCUT2D eigenvalue weighted by Crippen LogP contribution is 2.15. The Labute approximate surface area is 112 Å². The smallest absolute Gasteiger partial charge is 0.246 e. The Bertz CT molecular complexity index is 552. The summed E-state index contributed by atoms with van der Waals surface area (Å²) in [5.41, 5.74) is 5.55. The lowest BCUT2D eigenvalue weighted by Gasteiger charge is -2.14. The van der Waals surface area contributed by atoms with Crippen molar-refractivity contribution in [2.24, 2.45) is 0 Å². The molecule has 0 aliphatic rings. The lowest BCUT2D eigenvalue weighted by Crippen LogP contribution is -2.38. The van der Waals surface area contributed by atoms with Crippen LogP contribution in [0.1, 0.15) is 13.8 Å². The third kappa shape index (κ3) is 3.67. The molecule has 1 heterocycles. The molecule has 0 saturated carbocycles. The second-order valence-corrected chi connectivity index (χ2v) is 5.70. The predicted octanol–water partition coefficient (Wildman–Crippen LogP) is -0.758. The van der Waals surface area contributed by atoms with Gasteiger partial charge in [-0.2, -0.15) is 5.10 Å². The molecule has 1 rings (SSSR count). The molecule has 1 aromatic heterocycles. The number of nitrogens with one attached hydrogen (secondary N) is 1. The van der Waals surface area contributed by atoms with Crippen molar-refractivity contribution in [2.45, 2.75) is 25.3 Å². The highest BCUT2D eigenvalue weighted by atomic mass is 32.2. The van der Waals surface area contributed by atoms with Gasteiger partial charge in [0.25, 0.3) is 0 Å². The molecule has 0 fully saturated rings. The van der Waals surface area contributed by atoms with Gasteiger partial charge in [0.05, 0.1) is 6.54 Å². The van der Waals surface area contributed by atoms with Crippen LogP contribution < -0.4 is 10.5 Å². The molecular formula is C10H19N5O3S. The predicted molar refractivity (Wildman–Crippen MR) is 70.8 cm³/mol. The summed E-state index contributed by atoms with van der Waals surface area (Å²) in [5.74, 6) is -0.391. The molecule has 108 valence electrons. The Morgan fingerprint density at radius 2 is 2.16 bits per heavy atom. The number of rotatable bonds is 6. The van der Waals surface area contributed by atoms with E-state index in [1.165, 1.54) is 15.8 Å². The highest BCUT2D eigenvalue weighted by molar-refractivity contribution is 7.89. The van der Waals surface area contributed by atoms with Crippen molar-refractivity contribution in [1.82, 2.24) is 19.4 Å². The maximum Gasteiger partial charge on any atom is 0.246 e. The van der Waals surface area contributed by atoms with Crippen LogP contribution in [-0.4, -0.2) is 49.1 Å². The molecule has 0 aliphatic carbocycles. The number of hydrogen-bond donors (Lipinski definition) is 2. The maximum absolute atomic E-state index is 12.0. The molecule has 0 spiro atoms. The first-order valence-electron chi connectivity index (χ1n) is 5.88. The first-order valence-corrected chi connectivity index (χ1v) is 7.36. The van der Waals surface area contributed by atoms with E-state index in [9.17, 15) is 13.2 Å². The van der Waals surface area contributed by atoms with Crippen molar-refractivity contribution in [1.29, 1.82) is 0 Å². The minimum atomic E-state index is -3.82. The summed E-state index contributed by atoms with van der Waals surface area (Å²) in [4.78, 5) is 12.9. The minimum Gasteiger partial charge on any atom is -0.381 e. The van der Waals surface area contributed by atoms with Gasteiger partial charge >= 0.3 is 0 Å². The van der Waals surface area contributed by atoms with E-state index in [1.54, 1.807) is 14.0 Å². The number of amides is 1. The van der Waals surface area contributed by atoms with Gasteiger partial charge in [-0.05, 0) is 13.8 Å². The normalized spacial score (nSPS) is 11.5. The Morgan fingerprint density at radius 1 is 1.53 bits per heavy atom. The zero-order chi connectivity index (χ0) is 14.6. The number of anilines is 1. The van der Waals surface area contributed by atoms with Gasteiger partial charge in [0.1, 0.15) is 4.90 Å². The van der Waals surface area contributed by atoms with E-state index in [0.29, 0.717) is 13.1 Å². The second kappa shape index (κ2) is 6.02. The van der Waals surface area contributed by atoms with E-state index >= 15 is 0 Å². The summed E-state index contributed by atoms with van der Waals surface area (Å²) in [5, 5.41) is 3.85. The molecular weight excluding hydrogens is 270 g/mol. The lowest BCUT2D eigenvalue weighted by molar-refractivity contribution is -0.128. The van der Waals surface area contributed by atoms with Crippen LogP contribution >= 0.6 is 0 Å². The topological polar surface area (TPSA) is 110 Å². The van der Waals surface area contributed by atoms with Crippen LogP contribution in [0.4, 0.5) is 5.82 Å². The quantitative estimate of drug-likeness (QED) is 0.715. The van der Waals surface area contributed by atoms with Crippen LogP contribution in [0, 0.1) is 0 Å². The number of nitrogen functional groups attached to an aromatic ring is 1. The van der Waals surface area contributed by atoms with Gasteiger partial charge in [-0.15, -0.1) is 0 Å². The fourth-order valence-electron chi connectivity index (χ4n) is 1.33. The van der Waals surface area contributed by atoms with E-state index in [1.807, 2.05) is 6.92 Å². The van der Waals surface area contributed by atoms with E-state index in [4.69, 9.17) is 5.73 Å². The molecule has 0 radical (unpaired) electrons. The van der Waals surface area contributed by atoms with Crippen molar-refractivity contribution < 1.29 is 13.2 Å². The number of aromatic nitrogens is 2. The summed E-state index contributed by atoms with van der Waals surface area (Å²) < 4.78 is 27.6. The van der Waals surface area contributed by atoms with Crippen LogP contribution in [0.5, 0.6) is 0 Å². The monoisotopic (exact) mass is 289 g/mol. The molecule has 0 saturated heterocycles. The van der Waals surface area contributed by atoms with E-state index < -0.39 is 10.0 Å². The van der Waals surface area contributed by atoms with Gasteiger partial charge in [-0.3, -0.25) is 9.48 Å². The lowest BCUT2D eigenvalue weighted by atomic mass is 10.5. The minimum absolute atomic E-state index is 0.0781. The molecule has 0 unspecified atom stereocenters. The molecule has 8 nitrogen and oxygen atoms in total. The number of carbonyl (C=O) groups excluding carboxylic acids is 1. The molecule has 3 N–H and O–H groups in total. The summed E-state index contributed by atoms with van der Waals surface area (Å²) in [6.45, 7) is 4.34. The SMILES string of the molecule is CCN(C)C(=O)CNS(=O)(=O)c1cn(CC)nc1N. The first kappa shape index (κ1) is 15.4. The van der Waals surface area contributed by atoms with Crippen LogP contribution in [0.2, 0.25) is 0 Å². The molecule has 0 aliphatic heterocycles. The number of aryl methyl sites for hydroxylation is 1. The Morgan fingerprint density at radius 3 is 2.63 bits per heavy atom. The van der Waals surface area contributed by atoms with Gasteiger partial charge < -0.3 is 10.6 Å². The third-order valence-corrected chi connectivity index (χ3v) is 4.10. The van der Waals surface area contributed by atoms with Gasteiger partial charge in [0, 0.05) is 26.3 Å². The maximum atomic E-state index is 12.0.